The maximum absolute atomic E-state index is 10.8. The van der Waals surface area contributed by atoms with E-state index in [2.05, 4.69) is 0 Å². The summed E-state index contributed by atoms with van der Waals surface area (Å²) in [6, 6.07) is 0. The van der Waals surface area contributed by atoms with E-state index in [-0.39, 0.29) is 6.61 Å². The molecule has 3 atom stereocenters. The van der Waals surface area contributed by atoms with Crippen molar-refractivity contribution in [3.05, 3.63) is 0 Å². The van der Waals surface area contributed by atoms with Crippen molar-refractivity contribution >= 4 is 17.6 Å². The Bertz CT molecular complexity index is 263. The number of alkyl halides is 1. The number of aliphatic hydroxyl groups excluding tert-OH is 1. The van der Waals surface area contributed by atoms with Crippen LogP contribution in [0.15, 0.2) is 0 Å². The minimum Gasteiger partial charge on any atom is -0.480 e. The molecule has 6 heteroatoms. The molecule has 0 aromatic heterocycles. The number of ether oxygens (including phenoxy) is 2. The van der Waals surface area contributed by atoms with Gasteiger partial charge in [0.15, 0.2) is 10.7 Å². The minimum atomic E-state index is -1.77. The van der Waals surface area contributed by atoms with E-state index in [1.807, 2.05) is 0 Å². The lowest BCUT2D eigenvalue weighted by Gasteiger charge is -2.28. The zero-order valence-electron chi connectivity index (χ0n) is 8.86. The SMILES string of the molecule is CC1(C)OC[C@H]([C@@H](O)C(C)(Cl)C(=O)O)O1. The lowest BCUT2D eigenvalue weighted by atomic mass is 9.99. The maximum Gasteiger partial charge on any atom is 0.327 e. The molecule has 0 amide bonds. The summed E-state index contributed by atoms with van der Waals surface area (Å²) in [6.45, 7) is 4.73. The van der Waals surface area contributed by atoms with Crippen molar-refractivity contribution in [2.75, 3.05) is 6.61 Å². The number of halogens is 1. The van der Waals surface area contributed by atoms with Gasteiger partial charge in [-0.1, -0.05) is 0 Å². The van der Waals surface area contributed by atoms with Crippen molar-refractivity contribution in [2.24, 2.45) is 0 Å². The van der Waals surface area contributed by atoms with E-state index in [1.165, 1.54) is 6.92 Å². The summed E-state index contributed by atoms with van der Waals surface area (Å²) < 4.78 is 10.5. The highest BCUT2D eigenvalue weighted by Gasteiger charge is 2.48. The largest absolute Gasteiger partial charge is 0.480 e. The molecule has 1 aliphatic heterocycles. The second kappa shape index (κ2) is 3.90. The molecule has 15 heavy (non-hydrogen) atoms. The zero-order valence-corrected chi connectivity index (χ0v) is 9.61. The number of aliphatic hydroxyl groups is 1. The molecule has 5 nitrogen and oxygen atoms in total. The summed E-state index contributed by atoms with van der Waals surface area (Å²) in [5.41, 5.74) is 0. The first-order valence-electron chi connectivity index (χ1n) is 4.59. The van der Waals surface area contributed by atoms with Gasteiger partial charge in [-0.25, -0.2) is 0 Å². The Labute approximate surface area is 92.9 Å². The van der Waals surface area contributed by atoms with Gasteiger partial charge in [0.1, 0.15) is 12.2 Å². The van der Waals surface area contributed by atoms with E-state index in [1.54, 1.807) is 13.8 Å². The van der Waals surface area contributed by atoms with Crippen LogP contribution in [0.25, 0.3) is 0 Å². The molecular weight excluding hydrogens is 224 g/mol. The highest BCUT2D eigenvalue weighted by atomic mass is 35.5. The average Bonchev–Trinajstić information content (AvgIpc) is 2.44. The Kier molecular flexibility index (Phi) is 3.30. The van der Waals surface area contributed by atoms with Gasteiger partial charge in [0.2, 0.25) is 0 Å². The quantitative estimate of drug-likeness (QED) is 0.704. The van der Waals surface area contributed by atoms with Gasteiger partial charge in [-0.2, -0.15) is 0 Å². The predicted octanol–water partition coefficient (Wildman–Crippen LogP) is 0.581. The molecule has 2 N–H and O–H groups in total. The smallest absolute Gasteiger partial charge is 0.327 e. The van der Waals surface area contributed by atoms with Crippen LogP contribution in [0, 0.1) is 0 Å². The Hall–Kier alpha value is -0.360. The van der Waals surface area contributed by atoms with Crippen molar-refractivity contribution in [2.45, 2.75) is 43.6 Å². The molecule has 0 aliphatic carbocycles. The third-order valence-electron chi connectivity index (χ3n) is 2.36. The van der Waals surface area contributed by atoms with Gasteiger partial charge in [-0.15, -0.1) is 11.6 Å². The Morgan fingerprint density at radius 1 is 1.67 bits per heavy atom. The van der Waals surface area contributed by atoms with Crippen molar-refractivity contribution in [1.82, 2.24) is 0 Å². The third kappa shape index (κ3) is 2.60. The molecule has 1 fully saturated rings. The van der Waals surface area contributed by atoms with Crippen LogP contribution in [0.3, 0.4) is 0 Å². The number of hydrogen-bond acceptors (Lipinski definition) is 4. The molecule has 1 unspecified atom stereocenters. The van der Waals surface area contributed by atoms with Crippen LogP contribution in [0.5, 0.6) is 0 Å². The summed E-state index contributed by atoms with van der Waals surface area (Å²) >= 11 is 5.71. The number of aliphatic carboxylic acids is 1. The summed E-state index contributed by atoms with van der Waals surface area (Å²) in [4.78, 5) is 9.02. The molecule has 1 aliphatic rings. The molecule has 0 bridgehead atoms. The lowest BCUT2D eigenvalue weighted by molar-refractivity contribution is -0.161. The lowest BCUT2D eigenvalue weighted by Crippen LogP contribution is -2.49. The summed E-state index contributed by atoms with van der Waals surface area (Å²) in [6.07, 6.45) is -2.04. The standard InChI is InChI=1S/C9H15ClO5/c1-8(2)14-4-5(15-8)6(11)9(3,10)7(12)13/h5-6,11H,4H2,1-3H3,(H,12,13)/t5-,6-,9?/m1/s1. The van der Waals surface area contributed by atoms with E-state index >= 15 is 0 Å². The fourth-order valence-electron chi connectivity index (χ4n) is 1.35. The van der Waals surface area contributed by atoms with Crippen molar-refractivity contribution in [1.29, 1.82) is 0 Å². The highest BCUT2D eigenvalue weighted by Crippen LogP contribution is 2.31. The van der Waals surface area contributed by atoms with Gasteiger partial charge in [0.05, 0.1) is 6.61 Å². The maximum atomic E-state index is 10.8. The molecule has 0 aromatic rings. The first kappa shape index (κ1) is 12.7. The molecule has 0 aromatic carbocycles. The second-order valence-electron chi connectivity index (χ2n) is 4.19. The normalized spacial score (nSPS) is 30.9. The van der Waals surface area contributed by atoms with Gasteiger partial charge in [0.25, 0.3) is 0 Å². The molecular formula is C9H15ClO5. The van der Waals surface area contributed by atoms with Crippen LogP contribution < -0.4 is 0 Å². The molecule has 1 saturated heterocycles. The second-order valence-corrected chi connectivity index (χ2v) is 4.98. The van der Waals surface area contributed by atoms with Crippen LogP contribution in [0.4, 0.5) is 0 Å². The van der Waals surface area contributed by atoms with Crippen LogP contribution in [0.1, 0.15) is 20.8 Å². The van der Waals surface area contributed by atoms with Crippen LogP contribution >= 0.6 is 11.6 Å². The molecule has 1 heterocycles. The first-order valence-corrected chi connectivity index (χ1v) is 4.97. The zero-order chi connectivity index (χ0) is 11.9. The Balaban J connectivity index is 2.70. The van der Waals surface area contributed by atoms with Gasteiger partial charge >= 0.3 is 5.97 Å². The van der Waals surface area contributed by atoms with E-state index in [0.717, 1.165) is 0 Å². The summed E-state index contributed by atoms with van der Waals surface area (Å²) in [7, 11) is 0. The number of rotatable bonds is 3. The molecule has 0 spiro atoms. The third-order valence-corrected chi connectivity index (χ3v) is 2.74. The Morgan fingerprint density at radius 2 is 2.20 bits per heavy atom. The minimum absolute atomic E-state index is 0.129. The fraction of sp³-hybridized carbons (Fsp3) is 0.889. The summed E-state index contributed by atoms with van der Waals surface area (Å²) in [5.74, 6) is -2.10. The molecule has 0 radical (unpaired) electrons. The van der Waals surface area contributed by atoms with Gasteiger partial charge < -0.3 is 19.7 Å². The first-order chi connectivity index (χ1) is 6.67. The fourth-order valence-corrected chi connectivity index (χ4v) is 1.49. The summed E-state index contributed by atoms with van der Waals surface area (Å²) in [5, 5.41) is 18.6. The van der Waals surface area contributed by atoms with Crippen LogP contribution in [0.2, 0.25) is 0 Å². The van der Waals surface area contributed by atoms with Crippen molar-refractivity contribution in [3.63, 3.8) is 0 Å². The van der Waals surface area contributed by atoms with Crippen LogP contribution in [-0.2, 0) is 14.3 Å². The van der Waals surface area contributed by atoms with Crippen molar-refractivity contribution in [3.8, 4) is 0 Å². The van der Waals surface area contributed by atoms with Gasteiger partial charge in [-0.05, 0) is 20.8 Å². The van der Waals surface area contributed by atoms with E-state index in [4.69, 9.17) is 26.2 Å². The molecule has 0 saturated carbocycles. The number of hydrogen-bond donors (Lipinski definition) is 2. The highest BCUT2D eigenvalue weighted by molar-refractivity contribution is 6.34. The van der Waals surface area contributed by atoms with Gasteiger partial charge in [-0.3, -0.25) is 4.79 Å². The van der Waals surface area contributed by atoms with Gasteiger partial charge in [0, 0.05) is 0 Å². The monoisotopic (exact) mass is 238 g/mol. The Morgan fingerprint density at radius 3 is 2.53 bits per heavy atom. The number of carboxylic acid groups (broad SMARTS) is 1. The number of carbonyl (C=O) groups is 1. The van der Waals surface area contributed by atoms with Crippen molar-refractivity contribution < 1.29 is 24.5 Å². The van der Waals surface area contributed by atoms with E-state index in [0.29, 0.717) is 0 Å². The average molecular weight is 239 g/mol. The number of carboxylic acids is 1. The van der Waals surface area contributed by atoms with Crippen LogP contribution in [-0.4, -0.2) is 45.7 Å². The molecule has 1 rings (SSSR count). The topological polar surface area (TPSA) is 76.0 Å². The van der Waals surface area contributed by atoms with E-state index < -0.39 is 28.8 Å². The predicted molar refractivity (Wildman–Crippen MR) is 52.8 cm³/mol. The molecule has 88 valence electrons. The van der Waals surface area contributed by atoms with E-state index in [9.17, 15) is 9.90 Å².